The summed E-state index contributed by atoms with van der Waals surface area (Å²) in [5.74, 6) is -0.292. The number of anilines is 1. The Morgan fingerprint density at radius 2 is 1.94 bits per heavy atom. The maximum absolute atomic E-state index is 13.1. The van der Waals surface area contributed by atoms with Gasteiger partial charge in [0, 0.05) is 5.56 Å². The summed E-state index contributed by atoms with van der Waals surface area (Å²) < 4.78 is 13.1. The summed E-state index contributed by atoms with van der Waals surface area (Å²) >= 11 is 11.8. The van der Waals surface area contributed by atoms with Gasteiger partial charge in [-0.25, -0.2) is 14.4 Å². The predicted molar refractivity (Wildman–Crippen MR) is 61.9 cm³/mol. The molecule has 0 aliphatic carbocycles. The topological polar surface area (TPSA) is 51.8 Å². The third-order valence-electron chi connectivity index (χ3n) is 2.00. The lowest BCUT2D eigenvalue weighted by molar-refractivity contribution is 0.628. The van der Waals surface area contributed by atoms with Gasteiger partial charge in [-0.05, 0) is 18.2 Å². The van der Waals surface area contributed by atoms with E-state index in [0.717, 1.165) is 0 Å². The van der Waals surface area contributed by atoms with E-state index in [4.69, 9.17) is 28.9 Å². The van der Waals surface area contributed by atoms with Crippen LogP contribution < -0.4 is 5.73 Å². The molecule has 0 radical (unpaired) electrons. The molecule has 2 aromatic rings. The molecule has 0 aliphatic heterocycles. The van der Waals surface area contributed by atoms with Crippen LogP contribution >= 0.6 is 23.2 Å². The number of hydrogen-bond donors (Lipinski definition) is 1. The molecule has 0 spiro atoms. The molecule has 6 heteroatoms. The largest absolute Gasteiger partial charge is 0.382 e. The summed E-state index contributed by atoms with van der Waals surface area (Å²) in [7, 11) is 0. The number of halogens is 3. The number of hydrogen-bond acceptors (Lipinski definition) is 3. The number of aromatic nitrogens is 2. The SMILES string of the molecule is Nc1ncnc(-c2cc(F)ccc2Cl)c1Cl. The van der Waals surface area contributed by atoms with Gasteiger partial charge >= 0.3 is 0 Å². The lowest BCUT2D eigenvalue weighted by Crippen LogP contribution is -1.96. The fourth-order valence-electron chi connectivity index (χ4n) is 1.25. The number of benzene rings is 1. The van der Waals surface area contributed by atoms with Crippen molar-refractivity contribution in [1.82, 2.24) is 9.97 Å². The minimum absolute atomic E-state index is 0.131. The fourth-order valence-corrected chi connectivity index (χ4v) is 1.66. The van der Waals surface area contributed by atoms with Crippen molar-refractivity contribution in [3.8, 4) is 11.3 Å². The Morgan fingerprint density at radius 1 is 1.19 bits per heavy atom. The zero-order chi connectivity index (χ0) is 11.7. The molecule has 0 unspecified atom stereocenters. The summed E-state index contributed by atoms with van der Waals surface area (Å²) in [6, 6.07) is 3.93. The molecule has 0 atom stereocenters. The van der Waals surface area contributed by atoms with Crippen LogP contribution in [0.25, 0.3) is 11.3 Å². The summed E-state index contributed by atoms with van der Waals surface area (Å²) in [6.45, 7) is 0. The van der Waals surface area contributed by atoms with E-state index in [0.29, 0.717) is 16.3 Å². The van der Waals surface area contributed by atoms with Gasteiger partial charge < -0.3 is 5.73 Å². The molecule has 0 saturated heterocycles. The Morgan fingerprint density at radius 3 is 2.69 bits per heavy atom. The van der Waals surface area contributed by atoms with Crippen LogP contribution in [-0.2, 0) is 0 Å². The Kier molecular flexibility index (Phi) is 2.94. The second-order valence-corrected chi connectivity index (χ2v) is 3.83. The third-order valence-corrected chi connectivity index (χ3v) is 2.70. The van der Waals surface area contributed by atoms with E-state index in [1.54, 1.807) is 0 Å². The van der Waals surface area contributed by atoms with E-state index in [2.05, 4.69) is 9.97 Å². The molecule has 3 nitrogen and oxygen atoms in total. The molecule has 0 bridgehead atoms. The molecular formula is C10H6Cl2FN3. The van der Waals surface area contributed by atoms with Crippen LogP contribution in [0, 0.1) is 5.82 Å². The van der Waals surface area contributed by atoms with Gasteiger partial charge in [-0.3, -0.25) is 0 Å². The fraction of sp³-hybridized carbons (Fsp3) is 0. The van der Waals surface area contributed by atoms with E-state index < -0.39 is 5.82 Å². The zero-order valence-corrected chi connectivity index (χ0v) is 9.43. The first-order valence-electron chi connectivity index (χ1n) is 4.31. The van der Waals surface area contributed by atoms with Crippen LogP contribution in [0.3, 0.4) is 0 Å². The van der Waals surface area contributed by atoms with Crippen molar-refractivity contribution < 1.29 is 4.39 Å². The number of rotatable bonds is 1. The van der Waals surface area contributed by atoms with Crippen molar-refractivity contribution in [2.45, 2.75) is 0 Å². The normalized spacial score (nSPS) is 10.4. The molecule has 1 heterocycles. The number of nitrogen functional groups attached to an aromatic ring is 1. The average molecular weight is 258 g/mol. The smallest absolute Gasteiger partial charge is 0.146 e. The van der Waals surface area contributed by atoms with Crippen molar-refractivity contribution in [1.29, 1.82) is 0 Å². The summed E-state index contributed by atoms with van der Waals surface area (Å²) in [5, 5.41) is 0.511. The second-order valence-electron chi connectivity index (χ2n) is 3.05. The molecule has 82 valence electrons. The molecule has 0 fully saturated rings. The molecular weight excluding hydrogens is 252 g/mol. The van der Waals surface area contributed by atoms with Crippen LogP contribution in [0.1, 0.15) is 0 Å². The van der Waals surface area contributed by atoms with Crippen molar-refractivity contribution in [3.05, 3.63) is 40.4 Å². The van der Waals surface area contributed by atoms with Crippen LogP contribution in [0.5, 0.6) is 0 Å². The maximum Gasteiger partial charge on any atom is 0.146 e. The lowest BCUT2D eigenvalue weighted by atomic mass is 10.1. The van der Waals surface area contributed by atoms with Crippen molar-refractivity contribution >= 4 is 29.0 Å². The Balaban J connectivity index is 2.67. The van der Waals surface area contributed by atoms with Crippen molar-refractivity contribution in [2.24, 2.45) is 0 Å². The highest BCUT2D eigenvalue weighted by Gasteiger charge is 2.12. The van der Waals surface area contributed by atoms with Gasteiger partial charge in [-0.2, -0.15) is 0 Å². The first kappa shape index (κ1) is 11.1. The highest BCUT2D eigenvalue weighted by Crippen LogP contribution is 2.33. The van der Waals surface area contributed by atoms with Crippen molar-refractivity contribution in [3.63, 3.8) is 0 Å². The second kappa shape index (κ2) is 4.23. The zero-order valence-electron chi connectivity index (χ0n) is 7.92. The lowest BCUT2D eigenvalue weighted by Gasteiger charge is -2.06. The summed E-state index contributed by atoms with van der Waals surface area (Å²) in [5.41, 5.74) is 6.23. The third kappa shape index (κ3) is 1.94. The average Bonchev–Trinajstić information content (AvgIpc) is 2.26. The van der Waals surface area contributed by atoms with Gasteiger partial charge in [0.1, 0.15) is 23.0 Å². The van der Waals surface area contributed by atoms with Gasteiger partial charge in [0.15, 0.2) is 0 Å². The molecule has 1 aromatic heterocycles. The van der Waals surface area contributed by atoms with Crippen LogP contribution in [0.4, 0.5) is 10.2 Å². The monoisotopic (exact) mass is 257 g/mol. The standard InChI is InChI=1S/C10H6Cl2FN3/c11-7-2-1-5(13)3-6(7)9-8(12)10(14)16-4-15-9/h1-4H,(H2,14,15,16). The maximum atomic E-state index is 13.1. The van der Waals surface area contributed by atoms with E-state index >= 15 is 0 Å². The minimum Gasteiger partial charge on any atom is -0.382 e. The van der Waals surface area contributed by atoms with E-state index in [9.17, 15) is 4.39 Å². The first-order chi connectivity index (χ1) is 7.59. The summed E-state index contributed by atoms with van der Waals surface area (Å²) in [4.78, 5) is 7.65. The predicted octanol–water partition coefficient (Wildman–Crippen LogP) is 3.17. The van der Waals surface area contributed by atoms with Gasteiger partial charge in [-0.1, -0.05) is 23.2 Å². The van der Waals surface area contributed by atoms with Gasteiger partial charge in [0.05, 0.1) is 10.7 Å². The Hall–Kier alpha value is -1.39. The summed E-state index contributed by atoms with van der Waals surface area (Å²) in [6.07, 6.45) is 1.25. The van der Waals surface area contributed by atoms with Crippen molar-refractivity contribution in [2.75, 3.05) is 5.73 Å². The van der Waals surface area contributed by atoms with E-state index in [1.165, 1.54) is 24.5 Å². The molecule has 2 rings (SSSR count). The molecule has 2 N–H and O–H groups in total. The molecule has 0 aliphatic rings. The molecule has 0 saturated carbocycles. The number of nitrogens with two attached hydrogens (primary N) is 1. The highest BCUT2D eigenvalue weighted by atomic mass is 35.5. The quantitative estimate of drug-likeness (QED) is 0.854. The highest BCUT2D eigenvalue weighted by molar-refractivity contribution is 6.37. The molecule has 16 heavy (non-hydrogen) atoms. The van der Waals surface area contributed by atoms with Crippen LogP contribution in [0.15, 0.2) is 24.5 Å². The van der Waals surface area contributed by atoms with Gasteiger partial charge in [-0.15, -0.1) is 0 Å². The first-order valence-corrected chi connectivity index (χ1v) is 5.06. The Bertz CT molecular complexity index is 546. The van der Waals surface area contributed by atoms with Gasteiger partial charge in [0.2, 0.25) is 0 Å². The minimum atomic E-state index is -0.423. The van der Waals surface area contributed by atoms with Crippen LogP contribution in [-0.4, -0.2) is 9.97 Å². The molecule has 1 aromatic carbocycles. The van der Waals surface area contributed by atoms with E-state index in [1.807, 2.05) is 0 Å². The van der Waals surface area contributed by atoms with Gasteiger partial charge in [0.25, 0.3) is 0 Å². The number of nitrogens with zero attached hydrogens (tertiary/aromatic N) is 2. The van der Waals surface area contributed by atoms with E-state index in [-0.39, 0.29) is 10.8 Å². The van der Waals surface area contributed by atoms with Crippen LogP contribution in [0.2, 0.25) is 10.0 Å². The molecule has 0 amide bonds. The Labute approximate surface area is 101 Å².